The largest absolute Gasteiger partial charge is 0.325 e. The van der Waals surface area contributed by atoms with Crippen LogP contribution in [-0.4, -0.2) is 36.7 Å². The van der Waals surface area contributed by atoms with Crippen LogP contribution in [0.1, 0.15) is 30.7 Å². The highest BCUT2D eigenvalue weighted by Gasteiger charge is 2.23. The molecule has 170 valence electrons. The van der Waals surface area contributed by atoms with Crippen LogP contribution in [0.4, 0.5) is 5.69 Å². The Kier molecular flexibility index (Phi) is 7.71. The number of nitrogens with one attached hydrogen (secondary N) is 1. The normalized spacial score (nSPS) is 11.7. The van der Waals surface area contributed by atoms with Crippen molar-refractivity contribution in [2.75, 3.05) is 18.4 Å². The van der Waals surface area contributed by atoms with Crippen molar-refractivity contribution in [1.82, 2.24) is 9.29 Å². The second-order valence-electron chi connectivity index (χ2n) is 7.35. The van der Waals surface area contributed by atoms with E-state index >= 15 is 0 Å². The number of halogens is 1. The van der Waals surface area contributed by atoms with Crippen molar-refractivity contribution in [2.24, 2.45) is 0 Å². The van der Waals surface area contributed by atoms with Crippen LogP contribution < -0.4 is 5.32 Å². The van der Waals surface area contributed by atoms with Gasteiger partial charge >= 0.3 is 0 Å². The average molecular weight is 492 g/mol. The predicted molar refractivity (Wildman–Crippen MR) is 131 cm³/mol. The lowest BCUT2D eigenvalue weighted by Gasteiger charge is -2.20. The molecule has 0 atom stereocenters. The van der Waals surface area contributed by atoms with Gasteiger partial charge in [0.2, 0.25) is 15.9 Å². The third-order valence-corrected chi connectivity index (χ3v) is 8.54. The van der Waals surface area contributed by atoms with E-state index in [1.165, 1.54) is 21.7 Å². The van der Waals surface area contributed by atoms with Crippen LogP contribution in [-0.2, 0) is 21.2 Å². The molecule has 3 aromatic rings. The lowest BCUT2D eigenvalue weighted by atomic mass is 10.1. The van der Waals surface area contributed by atoms with E-state index in [2.05, 4.69) is 10.3 Å². The number of sulfonamides is 1. The number of anilines is 1. The fourth-order valence-corrected chi connectivity index (χ4v) is 6.03. The molecule has 0 aliphatic carbocycles. The number of rotatable bonds is 8. The molecule has 1 aromatic heterocycles. The molecule has 0 aliphatic rings. The molecule has 1 heterocycles. The smallest absolute Gasteiger partial charge is 0.243 e. The fourth-order valence-electron chi connectivity index (χ4n) is 3.32. The van der Waals surface area contributed by atoms with Gasteiger partial charge in [-0.2, -0.15) is 4.31 Å². The molecule has 0 aliphatic heterocycles. The van der Waals surface area contributed by atoms with Crippen LogP contribution in [0.5, 0.6) is 0 Å². The monoisotopic (exact) mass is 491 g/mol. The van der Waals surface area contributed by atoms with E-state index in [0.717, 1.165) is 21.7 Å². The molecule has 32 heavy (non-hydrogen) atoms. The molecule has 0 bridgehead atoms. The first-order chi connectivity index (χ1) is 15.2. The zero-order valence-corrected chi connectivity index (χ0v) is 20.9. The summed E-state index contributed by atoms with van der Waals surface area (Å²) >= 11 is 7.67. The number of carbonyl (C=O) groups is 1. The van der Waals surface area contributed by atoms with Crippen LogP contribution in [0.3, 0.4) is 0 Å². The fraction of sp³-hybridized carbons (Fsp3) is 0.304. The topological polar surface area (TPSA) is 79.4 Å². The molecule has 0 saturated carbocycles. The third-order valence-electron chi connectivity index (χ3n) is 5.26. The lowest BCUT2D eigenvalue weighted by molar-refractivity contribution is -0.115. The quantitative estimate of drug-likeness (QED) is 0.464. The number of hydrogen-bond donors (Lipinski definition) is 1. The molecule has 1 N–H and O–H groups in total. The van der Waals surface area contributed by atoms with Gasteiger partial charge in [-0.25, -0.2) is 13.4 Å². The first-order valence-corrected chi connectivity index (χ1v) is 13.0. The van der Waals surface area contributed by atoms with Gasteiger partial charge in [0.25, 0.3) is 0 Å². The SMILES string of the molecule is CCN(CC)S(=O)(=O)c1cc(C)c(C)c(NC(=O)Cc2csc(-c3ccccc3Cl)n2)c1. The molecule has 0 saturated heterocycles. The summed E-state index contributed by atoms with van der Waals surface area (Å²) in [6, 6.07) is 10.6. The maximum Gasteiger partial charge on any atom is 0.243 e. The van der Waals surface area contributed by atoms with E-state index in [0.29, 0.717) is 29.5 Å². The Hall–Kier alpha value is -2.26. The van der Waals surface area contributed by atoms with Gasteiger partial charge in [-0.3, -0.25) is 4.79 Å². The highest BCUT2D eigenvalue weighted by molar-refractivity contribution is 7.89. The number of thiazole rings is 1. The van der Waals surface area contributed by atoms with Crippen molar-refractivity contribution in [3.8, 4) is 10.6 Å². The van der Waals surface area contributed by atoms with E-state index < -0.39 is 10.0 Å². The van der Waals surface area contributed by atoms with Gasteiger partial charge in [0.15, 0.2) is 0 Å². The highest BCUT2D eigenvalue weighted by atomic mass is 35.5. The molecule has 3 rings (SSSR count). The summed E-state index contributed by atoms with van der Waals surface area (Å²) in [6.45, 7) is 8.06. The summed E-state index contributed by atoms with van der Waals surface area (Å²) < 4.78 is 27.3. The van der Waals surface area contributed by atoms with Gasteiger partial charge in [0, 0.05) is 29.7 Å². The standard InChI is InChI=1S/C23H26ClN3O3S2/c1-5-27(6-2)32(29,30)18-11-15(3)16(4)21(13-18)26-22(28)12-17-14-31-23(25-17)19-9-7-8-10-20(19)24/h7-11,13-14H,5-6,12H2,1-4H3,(H,26,28). The summed E-state index contributed by atoms with van der Waals surface area (Å²) in [5.41, 5.74) is 3.56. The van der Waals surface area contributed by atoms with E-state index in [1.54, 1.807) is 26.0 Å². The van der Waals surface area contributed by atoms with Gasteiger partial charge in [-0.15, -0.1) is 11.3 Å². The Morgan fingerprint density at radius 1 is 1.16 bits per heavy atom. The second-order valence-corrected chi connectivity index (χ2v) is 10.6. The molecule has 9 heteroatoms. The van der Waals surface area contributed by atoms with E-state index in [9.17, 15) is 13.2 Å². The number of carbonyl (C=O) groups excluding carboxylic acids is 1. The summed E-state index contributed by atoms with van der Waals surface area (Å²) in [5.74, 6) is -0.263. The van der Waals surface area contributed by atoms with Gasteiger partial charge in [0.05, 0.1) is 22.0 Å². The van der Waals surface area contributed by atoms with E-state index in [1.807, 2.05) is 37.4 Å². The van der Waals surface area contributed by atoms with Gasteiger partial charge in [-0.05, 0) is 43.2 Å². The Morgan fingerprint density at radius 3 is 2.50 bits per heavy atom. The highest BCUT2D eigenvalue weighted by Crippen LogP contribution is 2.30. The molecular formula is C23H26ClN3O3S2. The Bertz CT molecular complexity index is 1240. The first kappa shape index (κ1) is 24.4. The molecule has 0 fully saturated rings. The number of amides is 1. The molecular weight excluding hydrogens is 466 g/mol. The second kappa shape index (κ2) is 10.1. The molecule has 2 aromatic carbocycles. The maximum atomic E-state index is 12.9. The van der Waals surface area contributed by atoms with Crippen molar-refractivity contribution in [3.63, 3.8) is 0 Å². The zero-order chi connectivity index (χ0) is 23.5. The Labute approximate surface area is 198 Å². The van der Waals surface area contributed by atoms with Crippen LogP contribution in [0.15, 0.2) is 46.7 Å². The number of nitrogens with zero attached hydrogens (tertiary/aromatic N) is 2. The summed E-state index contributed by atoms with van der Waals surface area (Å²) in [5, 5.41) is 6.05. The van der Waals surface area contributed by atoms with Crippen molar-refractivity contribution < 1.29 is 13.2 Å². The molecule has 0 unspecified atom stereocenters. The van der Waals surface area contributed by atoms with Crippen molar-refractivity contribution in [1.29, 1.82) is 0 Å². The minimum absolute atomic E-state index is 0.0759. The molecule has 1 amide bonds. The summed E-state index contributed by atoms with van der Waals surface area (Å²) in [7, 11) is -3.63. The molecule has 0 radical (unpaired) electrons. The number of aryl methyl sites for hydroxylation is 1. The van der Waals surface area contributed by atoms with Crippen LogP contribution in [0, 0.1) is 13.8 Å². The minimum atomic E-state index is -3.63. The van der Waals surface area contributed by atoms with E-state index in [4.69, 9.17) is 11.6 Å². The van der Waals surface area contributed by atoms with Crippen LogP contribution in [0.2, 0.25) is 5.02 Å². The number of hydrogen-bond acceptors (Lipinski definition) is 5. The summed E-state index contributed by atoms with van der Waals surface area (Å²) in [4.78, 5) is 17.4. The number of benzene rings is 2. The van der Waals surface area contributed by atoms with Crippen LogP contribution in [0.25, 0.3) is 10.6 Å². The molecule has 6 nitrogen and oxygen atoms in total. The van der Waals surface area contributed by atoms with Gasteiger partial charge in [0.1, 0.15) is 5.01 Å². The maximum absolute atomic E-state index is 12.9. The zero-order valence-electron chi connectivity index (χ0n) is 18.5. The van der Waals surface area contributed by atoms with Crippen molar-refractivity contribution in [2.45, 2.75) is 39.0 Å². The first-order valence-electron chi connectivity index (χ1n) is 10.3. The number of aromatic nitrogens is 1. The summed E-state index contributed by atoms with van der Waals surface area (Å²) in [6.07, 6.45) is 0.0759. The van der Waals surface area contributed by atoms with E-state index in [-0.39, 0.29) is 17.2 Å². The lowest BCUT2D eigenvalue weighted by Crippen LogP contribution is -2.30. The Morgan fingerprint density at radius 2 is 1.84 bits per heavy atom. The van der Waals surface area contributed by atoms with Gasteiger partial charge < -0.3 is 5.32 Å². The predicted octanol–water partition coefficient (Wildman–Crippen LogP) is 5.29. The Balaban J connectivity index is 1.81. The molecule has 0 spiro atoms. The average Bonchev–Trinajstić information content (AvgIpc) is 3.20. The van der Waals surface area contributed by atoms with Crippen LogP contribution >= 0.6 is 22.9 Å². The van der Waals surface area contributed by atoms with Gasteiger partial charge in [-0.1, -0.05) is 43.6 Å². The third kappa shape index (κ3) is 5.20. The van der Waals surface area contributed by atoms with Crippen molar-refractivity contribution >= 4 is 44.6 Å². The van der Waals surface area contributed by atoms with Crippen molar-refractivity contribution in [3.05, 3.63) is 63.6 Å². The minimum Gasteiger partial charge on any atom is -0.325 e.